The van der Waals surface area contributed by atoms with E-state index in [-0.39, 0.29) is 5.54 Å². The van der Waals surface area contributed by atoms with E-state index in [0.29, 0.717) is 0 Å². The highest BCUT2D eigenvalue weighted by Gasteiger charge is 2.33. The van der Waals surface area contributed by atoms with E-state index in [1.807, 2.05) is 11.3 Å². The molecule has 0 radical (unpaired) electrons. The van der Waals surface area contributed by atoms with Gasteiger partial charge >= 0.3 is 0 Å². The largest absolute Gasteiger partial charge is 0.321 e. The Labute approximate surface area is 77.6 Å². The predicted molar refractivity (Wildman–Crippen MR) is 53.4 cm³/mol. The summed E-state index contributed by atoms with van der Waals surface area (Å²) in [5.41, 5.74) is 7.74. The highest BCUT2D eigenvalue weighted by Crippen LogP contribution is 2.40. The topological polar surface area (TPSA) is 26.0 Å². The Bertz CT molecular complexity index is 271. The summed E-state index contributed by atoms with van der Waals surface area (Å²) in [6.07, 6.45) is 4.95. The molecule has 1 aromatic rings. The van der Waals surface area contributed by atoms with Crippen LogP contribution in [0.25, 0.3) is 0 Å². The van der Waals surface area contributed by atoms with Crippen molar-refractivity contribution >= 4 is 11.3 Å². The summed E-state index contributed by atoms with van der Waals surface area (Å²) in [6.45, 7) is 2.17. The molecule has 1 aliphatic rings. The van der Waals surface area contributed by atoms with E-state index in [9.17, 15) is 0 Å². The van der Waals surface area contributed by atoms with E-state index >= 15 is 0 Å². The molecule has 2 rings (SSSR count). The second kappa shape index (κ2) is 2.86. The third-order valence-corrected chi connectivity index (χ3v) is 4.05. The number of thiophene rings is 1. The Morgan fingerprint density at radius 1 is 1.42 bits per heavy atom. The normalized spacial score (nSPS) is 21.5. The third kappa shape index (κ3) is 1.19. The summed E-state index contributed by atoms with van der Waals surface area (Å²) < 4.78 is 0. The maximum atomic E-state index is 6.34. The fourth-order valence-corrected chi connectivity index (χ4v) is 3.22. The van der Waals surface area contributed by atoms with Crippen LogP contribution in [0.4, 0.5) is 0 Å². The Morgan fingerprint density at radius 3 is 2.58 bits per heavy atom. The summed E-state index contributed by atoms with van der Waals surface area (Å²) in [6, 6.07) is 2.17. The van der Waals surface area contributed by atoms with Crippen LogP contribution in [0.2, 0.25) is 0 Å². The van der Waals surface area contributed by atoms with Gasteiger partial charge in [-0.05, 0) is 36.8 Å². The molecule has 12 heavy (non-hydrogen) atoms. The number of hydrogen-bond acceptors (Lipinski definition) is 2. The Morgan fingerprint density at radius 2 is 2.08 bits per heavy atom. The first-order valence-corrected chi connectivity index (χ1v) is 5.44. The molecular weight excluding hydrogens is 166 g/mol. The monoisotopic (exact) mass is 181 g/mol. The standard InChI is InChI=1S/C10H15NS/c1-8-4-7-12-9(8)10(11)5-2-3-6-10/h4,7H,2-3,5-6,11H2,1H3. The third-order valence-electron chi connectivity index (χ3n) is 2.81. The zero-order chi connectivity index (χ0) is 8.60. The number of aryl methyl sites for hydroxylation is 1. The molecule has 1 nitrogen and oxygen atoms in total. The van der Waals surface area contributed by atoms with Crippen molar-refractivity contribution in [2.24, 2.45) is 5.73 Å². The molecule has 2 N–H and O–H groups in total. The van der Waals surface area contributed by atoms with Crippen LogP contribution >= 0.6 is 11.3 Å². The molecular formula is C10H15NS. The first-order chi connectivity index (χ1) is 5.72. The average molecular weight is 181 g/mol. The van der Waals surface area contributed by atoms with Gasteiger partial charge in [0, 0.05) is 4.88 Å². The number of hydrogen-bond donors (Lipinski definition) is 1. The van der Waals surface area contributed by atoms with E-state index in [4.69, 9.17) is 5.73 Å². The van der Waals surface area contributed by atoms with Crippen LogP contribution in [0.5, 0.6) is 0 Å². The van der Waals surface area contributed by atoms with E-state index in [2.05, 4.69) is 18.4 Å². The van der Waals surface area contributed by atoms with Gasteiger partial charge in [-0.15, -0.1) is 11.3 Å². The predicted octanol–water partition coefficient (Wildman–Crippen LogP) is 2.78. The van der Waals surface area contributed by atoms with Crippen LogP contribution in [0.3, 0.4) is 0 Å². The van der Waals surface area contributed by atoms with Crippen molar-refractivity contribution in [1.29, 1.82) is 0 Å². The quantitative estimate of drug-likeness (QED) is 0.708. The minimum atomic E-state index is 0.0260. The van der Waals surface area contributed by atoms with Gasteiger partial charge in [-0.2, -0.15) is 0 Å². The molecule has 1 heterocycles. The zero-order valence-corrected chi connectivity index (χ0v) is 8.29. The van der Waals surface area contributed by atoms with Gasteiger partial charge in [0.1, 0.15) is 0 Å². The van der Waals surface area contributed by atoms with Gasteiger partial charge in [-0.1, -0.05) is 12.8 Å². The molecule has 66 valence electrons. The summed E-state index contributed by atoms with van der Waals surface area (Å²) in [7, 11) is 0. The van der Waals surface area contributed by atoms with Gasteiger partial charge in [0.2, 0.25) is 0 Å². The second-order valence-electron chi connectivity index (χ2n) is 3.80. The second-order valence-corrected chi connectivity index (χ2v) is 4.71. The van der Waals surface area contributed by atoms with Gasteiger partial charge in [0.25, 0.3) is 0 Å². The average Bonchev–Trinajstić information content (AvgIpc) is 2.59. The fraction of sp³-hybridized carbons (Fsp3) is 0.600. The van der Waals surface area contributed by atoms with E-state index in [1.54, 1.807) is 0 Å². The molecule has 2 heteroatoms. The molecule has 1 aromatic heterocycles. The highest BCUT2D eigenvalue weighted by molar-refractivity contribution is 7.10. The molecule has 1 saturated carbocycles. The molecule has 0 amide bonds. The first-order valence-electron chi connectivity index (χ1n) is 4.56. The van der Waals surface area contributed by atoms with E-state index in [1.165, 1.54) is 36.1 Å². The van der Waals surface area contributed by atoms with Crippen LogP contribution in [0, 0.1) is 6.92 Å². The molecule has 0 aliphatic heterocycles. The molecule has 0 unspecified atom stereocenters. The van der Waals surface area contributed by atoms with Crippen LogP contribution < -0.4 is 5.73 Å². The lowest BCUT2D eigenvalue weighted by Crippen LogP contribution is -2.32. The van der Waals surface area contributed by atoms with Gasteiger partial charge in [-0.3, -0.25) is 0 Å². The smallest absolute Gasteiger partial charge is 0.0506 e. The molecule has 0 bridgehead atoms. The lowest BCUT2D eigenvalue weighted by molar-refractivity contribution is 0.469. The Kier molecular flexibility index (Phi) is 1.97. The molecule has 0 aromatic carbocycles. The molecule has 0 spiro atoms. The first kappa shape index (κ1) is 8.27. The maximum Gasteiger partial charge on any atom is 0.0506 e. The lowest BCUT2D eigenvalue weighted by atomic mass is 9.95. The van der Waals surface area contributed by atoms with Crippen molar-refractivity contribution in [3.63, 3.8) is 0 Å². The van der Waals surface area contributed by atoms with Crippen molar-refractivity contribution in [3.05, 3.63) is 21.9 Å². The Balaban J connectivity index is 2.34. The van der Waals surface area contributed by atoms with Crippen molar-refractivity contribution < 1.29 is 0 Å². The van der Waals surface area contributed by atoms with E-state index in [0.717, 1.165) is 0 Å². The van der Waals surface area contributed by atoms with Crippen molar-refractivity contribution in [3.8, 4) is 0 Å². The van der Waals surface area contributed by atoms with Crippen molar-refractivity contribution in [1.82, 2.24) is 0 Å². The number of rotatable bonds is 1. The van der Waals surface area contributed by atoms with Crippen molar-refractivity contribution in [2.75, 3.05) is 0 Å². The zero-order valence-electron chi connectivity index (χ0n) is 7.47. The summed E-state index contributed by atoms with van der Waals surface area (Å²) in [4.78, 5) is 1.42. The minimum absolute atomic E-state index is 0.0260. The molecule has 1 fully saturated rings. The van der Waals surface area contributed by atoms with Crippen LogP contribution in [-0.2, 0) is 5.54 Å². The van der Waals surface area contributed by atoms with Gasteiger partial charge in [0.05, 0.1) is 5.54 Å². The van der Waals surface area contributed by atoms with Crippen molar-refractivity contribution in [2.45, 2.75) is 38.1 Å². The fourth-order valence-electron chi connectivity index (χ4n) is 2.12. The maximum absolute atomic E-state index is 6.34. The van der Waals surface area contributed by atoms with Crippen LogP contribution in [-0.4, -0.2) is 0 Å². The molecule has 0 atom stereocenters. The Hall–Kier alpha value is -0.340. The van der Waals surface area contributed by atoms with Crippen LogP contribution in [0.1, 0.15) is 36.1 Å². The SMILES string of the molecule is Cc1ccsc1C1(N)CCCC1. The summed E-state index contributed by atoms with van der Waals surface area (Å²) in [5.74, 6) is 0. The lowest BCUT2D eigenvalue weighted by Gasteiger charge is -2.22. The van der Waals surface area contributed by atoms with Crippen LogP contribution in [0.15, 0.2) is 11.4 Å². The summed E-state index contributed by atoms with van der Waals surface area (Å²) >= 11 is 1.82. The van der Waals surface area contributed by atoms with Gasteiger partial charge < -0.3 is 5.73 Å². The molecule has 0 saturated heterocycles. The van der Waals surface area contributed by atoms with E-state index < -0.39 is 0 Å². The minimum Gasteiger partial charge on any atom is -0.321 e. The molecule has 1 aliphatic carbocycles. The summed E-state index contributed by atoms with van der Waals surface area (Å²) in [5, 5.41) is 2.15. The van der Waals surface area contributed by atoms with Gasteiger partial charge in [-0.25, -0.2) is 0 Å². The van der Waals surface area contributed by atoms with Gasteiger partial charge in [0.15, 0.2) is 0 Å². The number of nitrogens with two attached hydrogens (primary N) is 1. The highest BCUT2D eigenvalue weighted by atomic mass is 32.1.